The van der Waals surface area contributed by atoms with Gasteiger partial charge in [-0.3, -0.25) is 9.59 Å². The van der Waals surface area contributed by atoms with Gasteiger partial charge in [0.2, 0.25) is 5.91 Å². The van der Waals surface area contributed by atoms with Crippen LogP contribution >= 0.6 is 11.6 Å². The summed E-state index contributed by atoms with van der Waals surface area (Å²) in [6, 6.07) is 10.00. The number of rotatable bonds is 4. The maximum atomic E-state index is 11.8. The summed E-state index contributed by atoms with van der Waals surface area (Å²) in [5, 5.41) is 5.25. The fourth-order valence-electron chi connectivity index (χ4n) is 1.48. The molecule has 0 saturated carbocycles. The maximum Gasteiger partial charge on any atom is 0.291 e. The molecule has 0 unspecified atom stereocenters. The van der Waals surface area contributed by atoms with Gasteiger partial charge in [-0.15, -0.1) is 11.6 Å². The van der Waals surface area contributed by atoms with Gasteiger partial charge < -0.3 is 15.1 Å². The van der Waals surface area contributed by atoms with Crippen molar-refractivity contribution in [2.75, 3.05) is 16.5 Å². The fraction of sp³-hybridized carbons (Fsp3) is 0.0769. The molecule has 0 saturated heterocycles. The van der Waals surface area contributed by atoms with E-state index in [0.29, 0.717) is 11.4 Å². The van der Waals surface area contributed by atoms with Crippen LogP contribution in [0.25, 0.3) is 0 Å². The third-order valence-electron chi connectivity index (χ3n) is 2.32. The number of hydrogen-bond acceptors (Lipinski definition) is 3. The zero-order valence-corrected chi connectivity index (χ0v) is 10.6. The zero-order chi connectivity index (χ0) is 13.7. The van der Waals surface area contributed by atoms with Gasteiger partial charge in [0.1, 0.15) is 5.88 Å². The lowest BCUT2D eigenvalue weighted by molar-refractivity contribution is -0.113. The molecule has 0 atom stereocenters. The van der Waals surface area contributed by atoms with Gasteiger partial charge in [0.25, 0.3) is 5.91 Å². The van der Waals surface area contributed by atoms with Crippen molar-refractivity contribution in [2.45, 2.75) is 0 Å². The summed E-state index contributed by atoms with van der Waals surface area (Å²) in [4.78, 5) is 23.1. The van der Waals surface area contributed by atoms with Crippen molar-refractivity contribution >= 4 is 34.8 Å². The van der Waals surface area contributed by atoms with Crippen LogP contribution in [0.5, 0.6) is 0 Å². The normalized spacial score (nSPS) is 9.95. The number of nitrogens with one attached hydrogen (secondary N) is 2. The number of carbonyl (C=O) groups excluding carboxylic acids is 2. The minimum Gasteiger partial charge on any atom is -0.459 e. The van der Waals surface area contributed by atoms with Crippen LogP contribution < -0.4 is 10.6 Å². The number of amides is 2. The second-order valence-corrected chi connectivity index (χ2v) is 3.93. The number of benzene rings is 1. The van der Waals surface area contributed by atoms with Gasteiger partial charge in [-0.1, -0.05) is 12.1 Å². The zero-order valence-electron chi connectivity index (χ0n) is 9.85. The monoisotopic (exact) mass is 278 g/mol. The van der Waals surface area contributed by atoms with Crippen LogP contribution in [0.15, 0.2) is 47.1 Å². The van der Waals surface area contributed by atoms with E-state index in [9.17, 15) is 9.59 Å². The van der Waals surface area contributed by atoms with Crippen LogP contribution in [0, 0.1) is 0 Å². The standard InChI is InChI=1S/C13H11ClN2O3/c14-8-12(17)15-9-4-1-2-5-10(9)16-13(18)11-6-3-7-19-11/h1-7H,8H2,(H,15,17)(H,16,18). The van der Waals surface area contributed by atoms with Crippen LogP contribution in [0.4, 0.5) is 11.4 Å². The molecule has 2 aromatic rings. The number of furan rings is 1. The van der Waals surface area contributed by atoms with Gasteiger partial charge in [0, 0.05) is 0 Å². The predicted molar refractivity (Wildman–Crippen MR) is 72.5 cm³/mol. The molecule has 0 aliphatic carbocycles. The van der Waals surface area contributed by atoms with Gasteiger partial charge >= 0.3 is 0 Å². The van der Waals surface area contributed by atoms with E-state index in [-0.39, 0.29) is 17.5 Å². The first-order valence-corrected chi connectivity index (χ1v) is 6.04. The van der Waals surface area contributed by atoms with Crippen molar-refractivity contribution in [2.24, 2.45) is 0 Å². The molecule has 2 rings (SSSR count). The van der Waals surface area contributed by atoms with Crippen molar-refractivity contribution in [3.05, 3.63) is 48.4 Å². The molecule has 1 heterocycles. The van der Waals surface area contributed by atoms with E-state index in [4.69, 9.17) is 16.0 Å². The van der Waals surface area contributed by atoms with Crippen LogP contribution in [0.2, 0.25) is 0 Å². The Morgan fingerprint density at radius 2 is 1.74 bits per heavy atom. The van der Waals surface area contributed by atoms with Crippen LogP contribution in [0.3, 0.4) is 0 Å². The Labute approximate surface area is 114 Å². The largest absolute Gasteiger partial charge is 0.459 e. The Morgan fingerprint density at radius 1 is 1.05 bits per heavy atom. The molecular weight excluding hydrogens is 268 g/mol. The van der Waals surface area contributed by atoms with E-state index in [2.05, 4.69) is 10.6 Å². The summed E-state index contributed by atoms with van der Waals surface area (Å²) < 4.78 is 4.99. The van der Waals surface area contributed by atoms with Gasteiger partial charge in [0.15, 0.2) is 5.76 Å². The topological polar surface area (TPSA) is 71.3 Å². The molecule has 0 radical (unpaired) electrons. The first kappa shape index (κ1) is 13.2. The summed E-state index contributed by atoms with van der Waals surface area (Å²) in [7, 11) is 0. The Morgan fingerprint density at radius 3 is 2.32 bits per heavy atom. The fourth-order valence-corrected chi connectivity index (χ4v) is 1.54. The Hall–Kier alpha value is -2.27. The van der Waals surface area contributed by atoms with Crippen LogP contribution in [0.1, 0.15) is 10.6 Å². The molecule has 0 aliphatic heterocycles. The first-order chi connectivity index (χ1) is 9.20. The summed E-state index contributed by atoms with van der Waals surface area (Å²) in [5.41, 5.74) is 0.954. The molecule has 0 fully saturated rings. The SMILES string of the molecule is O=C(CCl)Nc1ccccc1NC(=O)c1ccco1. The van der Waals surface area contributed by atoms with Crippen LogP contribution in [-0.2, 0) is 4.79 Å². The number of hydrogen-bond donors (Lipinski definition) is 2. The van der Waals surface area contributed by atoms with Crippen molar-refractivity contribution in [3.8, 4) is 0 Å². The Kier molecular flexibility index (Phi) is 4.20. The summed E-state index contributed by atoms with van der Waals surface area (Å²) in [6.07, 6.45) is 1.41. The second kappa shape index (κ2) is 6.06. The van der Waals surface area contributed by atoms with E-state index < -0.39 is 5.91 Å². The quantitative estimate of drug-likeness (QED) is 0.845. The Balaban J connectivity index is 2.16. The molecule has 1 aromatic heterocycles. The molecule has 5 nitrogen and oxygen atoms in total. The third kappa shape index (κ3) is 3.35. The lowest BCUT2D eigenvalue weighted by Crippen LogP contribution is -2.16. The van der Waals surface area contributed by atoms with E-state index in [0.717, 1.165) is 0 Å². The van der Waals surface area contributed by atoms with Crippen LogP contribution in [-0.4, -0.2) is 17.7 Å². The summed E-state index contributed by atoms with van der Waals surface area (Å²) >= 11 is 5.43. The van der Waals surface area contributed by atoms with Crippen molar-refractivity contribution in [1.82, 2.24) is 0 Å². The molecule has 98 valence electrons. The van der Waals surface area contributed by atoms with Gasteiger partial charge in [-0.05, 0) is 24.3 Å². The van der Waals surface area contributed by atoms with Crippen molar-refractivity contribution in [3.63, 3.8) is 0 Å². The smallest absolute Gasteiger partial charge is 0.291 e. The molecular formula is C13H11ClN2O3. The molecule has 1 aromatic carbocycles. The lowest BCUT2D eigenvalue weighted by atomic mass is 10.2. The highest BCUT2D eigenvalue weighted by molar-refractivity contribution is 6.29. The van der Waals surface area contributed by atoms with Crippen molar-refractivity contribution in [1.29, 1.82) is 0 Å². The molecule has 2 amide bonds. The Bertz CT molecular complexity index is 581. The molecule has 6 heteroatoms. The lowest BCUT2D eigenvalue weighted by Gasteiger charge is -2.10. The van der Waals surface area contributed by atoms with E-state index in [1.807, 2.05) is 0 Å². The first-order valence-electron chi connectivity index (χ1n) is 5.50. The van der Waals surface area contributed by atoms with E-state index >= 15 is 0 Å². The van der Waals surface area contributed by atoms with E-state index in [1.165, 1.54) is 6.26 Å². The number of halogens is 1. The number of anilines is 2. The highest BCUT2D eigenvalue weighted by atomic mass is 35.5. The molecule has 0 aliphatic rings. The summed E-state index contributed by atoms with van der Waals surface area (Å²) in [6.45, 7) is 0. The maximum absolute atomic E-state index is 11.8. The molecule has 2 N–H and O–H groups in total. The third-order valence-corrected chi connectivity index (χ3v) is 2.56. The highest BCUT2D eigenvalue weighted by Gasteiger charge is 2.12. The van der Waals surface area contributed by atoms with Gasteiger partial charge in [-0.2, -0.15) is 0 Å². The predicted octanol–water partition coefficient (Wildman–Crippen LogP) is 2.71. The summed E-state index contributed by atoms with van der Waals surface area (Å²) in [5.74, 6) is -0.696. The average molecular weight is 279 g/mol. The van der Waals surface area contributed by atoms with Gasteiger partial charge in [-0.25, -0.2) is 0 Å². The van der Waals surface area contributed by atoms with Gasteiger partial charge in [0.05, 0.1) is 17.6 Å². The minimum atomic E-state index is -0.391. The van der Waals surface area contributed by atoms with E-state index in [1.54, 1.807) is 36.4 Å². The number of alkyl halides is 1. The van der Waals surface area contributed by atoms with Crippen molar-refractivity contribution < 1.29 is 14.0 Å². The second-order valence-electron chi connectivity index (χ2n) is 3.66. The molecule has 0 bridgehead atoms. The molecule has 0 spiro atoms. The average Bonchev–Trinajstić information content (AvgIpc) is 2.95. The number of carbonyl (C=O) groups is 2. The number of para-hydroxylation sites is 2. The molecule has 19 heavy (non-hydrogen) atoms. The highest BCUT2D eigenvalue weighted by Crippen LogP contribution is 2.21. The minimum absolute atomic E-state index is 0.152.